The minimum atomic E-state index is 0.0619. The van der Waals surface area contributed by atoms with Gasteiger partial charge in [-0.2, -0.15) is 0 Å². The fraction of sp³-hybridized carbons (Fsp3) is 0.150. The van der Waals surface area contributed by atoms with Crippen molar-refractivity contribution < 1.29 is 4.79 Å². The van der Waals surface area contributed by atoms with Gasteiger partial charge in [0, 0.05) is 17.9 Å². The lowest BCUT2D eigenvalue weighted by atomic mass is 10.1. The minimum absolute atomic E-state index is 0.0619. The van der Waals surface area contributed by atoms with E-state index in [2.05, 4.69) is 29.6 Å². The lowest BCUT2D eigenvalue weighted by Crippen LogP contribution is -2.35. The fourth-order valence-electron chi connectivity index (χ4n) is 2.68. The second-order valence-electron chi connectivity index (χ2n) is 5.39. The van der Waals surface area contributed by atoms with Crippen LogP contribution in [0.5, 0.6) is 0 Å². The number of para-hydroxylation sites is 1. The van der Waals surface area contributed by atoms with Crippen LogP contribution < -0.4 is 10.2 Å². The Bertz CT molecular complexity index is 799. The van der Waals surface area contributed by atoms with Gasteiger partial charge in [0.05, 0.1) is 6.54 Å². The molecule has 0 fully saturated rings. The van der Waals surface area contributed by atoms with Gasteiger partial charge in [0.25, 0.3) is 0 Å². The Balaban J connectivity index is 1.69. The monoisotopic (exact) mass is 304 g/mol. The summed E-state index contributed by atoms with van der Waals surface area (Å²) in [6.07, 6.45) is 0. The fourth-order valence-corrected chi connectivity index (χ4v) is 2.68. The number of carbonyl (C=O) groups excluding carboxylic acids is 1. The molecule has 116 valence electrons. The molecule has 23 heavy (non-hydrogen) atoms. The first kappa shape index (κ1) is 15.1. The van der Waals surface area contributed by atoms with E-state index in [0.29, 0.717) is 6.54 Å². The first-order valence-corrected chi connectivity index (χ1v) is 7.86. The number of carbonyl (C=O) groups is 1. The van der Waals surface area contributed by atoms with Gasteiger partial charge >= 0.3 is 0 Å². The molecule has 0 radical (unpaired) electrons. The maximum Gasteiger partial charge on any atom is 0.246 e. The predicted molar refractivity (Wildman–Crippen MR) is 96.9 cm³/mol. The van der Waals surface area contributed by atoms with Crippen molar-refractivity contribution in [3.63, 3.8) is 0 Å². The number of rotatable bonds is 5. The molecule has 0 saturated carbocycles. The number of likely N-dealkylation sites (N-methyl/N-ethyl adjacent to an activating group) is 1. The number of benzene rings is 3. The molecule has 1 amide bonds. The molecule has 3 rings (SSSR count). The Labute approximate surface area is 136 Å². The van der Waals surface area contributed by atoms with Crippen LogP contribution in [0.2, 0.25) is 0 Å². The molecule has 1 N–H and O–H groups in total. The van der Waals surface area contributed by atoms with Gasteiger partial charge in [-0.05, 0) is 42.0 Å². The second-order valence-corrected chi connectivity index (χ2v) is 5.39. The van der Waals surface area contributed by atoms with Crippen LogP contribution >= 0.6 is 0 Å². The summed E-state index contributed by atoms with van der Waals surface area (Å²) in [6, 6.07) is 24.1. The predicted octanol–water partition coefficient (Wildman–Crippen LogP) is 4.30. The van der Waals surface area contributed by atoms with Crippen molar-refractivity contribution in [2.75, 3.05) is 23.3 Å². The Hall–Kier alpha value is -2.81. The minimum Gasteiger partial charge on any atom is -0.376 e. The van der Waals surface area contributed by atoms with Gasteiger partial charge in [0.1, 0.15) is 0 Å². The molecule has 0 heterocycles. The highest BCUT2D eigenvalue weighted by Gasteiger charge is 2.13. The van der Waals surface area contributed by atoms with E-state index < -0.39 is 0 Å². The molecule has 3 aromatic rings. The van der Waals surface area contributed by atoms with E-state index in [1.807, 2.05) is 55.5 Å². The summed E-state index contributed by atoms with van der Waals surface area (Å²) in [5.41, 5.74) is 1.89. The normalized spacial score (nSPS) is 10.5. The van der Waals surface area contributed by atoms with Crippen LogP contribution in [-0.2, 0) is 4.79 Å². The van der Waals surface area contributed by atoms with Crippen molar-refractivity contribution in [2.45, 2.75) is 6.92 Å². The van der Waals surface area contributed by atoms with Crippen LogP contribution in [0.1, 0.15) is 6.92 Å². The first-order valence-electron chi connectivity index (χ1n) is 7.86. The molecule has 0 aromatic heterocycles. The third-order valence-electron chi connectivity index (χ3n) is 3.88. The van der Waals surface area contributed by atoms with E-state index in [-0.39, 0.29) is 12.5 Å². The zero-order valence-electron chi connectivity index (χ0n) is 13.2. The highest BCUT2D eigenvalue weighted by Crippen LogP contribution is 2.19. The largest absolute Gasteiger partial charge is 0.376 e. The van der Waals surface area contributed by atoms with Gasteiger partial charge in [0.2, 0.25) is 5.91 Å². The molecule has 0 bridgehead atoms. The van der Waals surface area contributed by atoms with Crippen molar-refractivity contribution >= 4 is 28.1 Å². The summed E-state index contributed by atoms with van der Waals surface area (Å²) in [6.45, 7) is 2.92. The van der Waals surface area contributed by atoms with Crippen LogP contribution in [0.25, 0.3) is 10.8 Å². The van der Waals surface area contributed by atoms with Gasteiger partial charge in [-0.3, -0.25) is 4.79 Å². The molecule has 0 aliphatic carbocycles. The molecule has 0 atom stereocenters. The number of anilines is 2. The van der Waals surface area contributed by atoms with Crippen molar-refractivity contribution in [1.82, 2.24) is 0 Å². The third-order valence-corrected chi connectivity index (χ3v) is 3.88. The number of amides is 1. The van der Waals surface area contributed by atoms with Crippen molar-refractivity contribution in [1.29, 1.82) is 0 Å². The Kier molecular flexibility index (Phi) is 4.57. The standard InChI is InChI=1S/C20H20N2O/c1-2-22(19-10-4-3-5-11-19)20(23)15-21-18-13-12-16-8-6-7-9-17(16)14-18/h3-14,21H,2,15H2,1H3. The summed E-state index contributed by atoms with van der Waals surface area (Å²) >= 11 is 0. The lowest BCUT2D eigenvalue weighted by Gasteiger charge is -2.21. The van der Waals surface area contributed by atoms with Gasteiger partial charge in [-0.1, -0.05) is 48.5 Å². The first-order chi connectivity index (χ1) is 11.3. The van der Waals surface area contributed by atoms with Crippen molar-refractivity contribution in [3.05, 3.63) is 72.8 Å². The van der Waals surface area contributed by atoms with E-state index in [1.54, 1.807) is 4.90 Å². The average Bonchev–Trinajstić information content (AvgIpc) is 2.61. The highest BCUT2D eigenvalue weighted by molar-refractivity contribution is 5.96. The summed E-state index contributed by atoms with van der Waals surface area (Å²) in [7, 11) is 0. The van der Waals surface area contributed by atoms with Crippen molar-refractivity contribution in [2.24, 2.45) is 0 Å². The van der Waals surface area contributed by atoms with E-state index in [9.17, 15) is 4.79 Å². The van der Waals surface area contributed by atoms with E-state index >= 15 is 0 Å². The Morgan fingerprint density at radius 2 is 1.61 bits per heavy atom. The number of hydrogen-bond donors (Lipinski definition) is 1. The maximum absolute atomic E-state index is 12.5. The molecule has 0 aliphatic rings. The lowest BCUT2D eigenvalue weighted by molar-refractivity contribution is -0.116. The van der Waals surface area contributed by atoms with E-state index in [1.165, 1.54) is 10.8 Å². The molecule has 0 aliphatic heterocycles. The van der Waals surface area contributed by atoms with Crippen LogP contribution in [0.3, 0.4) is 0 Å². The summed E-state index contributed by atoms with van der Waals surface area (Å²) < 4.78 is 0. The van der Waals surface area contributed by atoms with Crippen LogP contribution in [0.15, 0.2) is 72.8 Å². The van der Waals surface area contributed by atoms with Crippen LogP contribution in [-0.4, -0.2) is 19.0 Å². The van der Waals surface area contributed by atoms with E-state index in [0.717, 1.165) is 11.4 Å². The van der Waals surface area contributed by atoms with Crippen LogP contribution in [0, 0.1) is 0 Å². The molecular weight excluding hydrogens is 284 g/mol. The van der Waals surface area contributed by atoms with Gasteiger partial charge < -0.3 is 10.2 Å². The number of hydrogen-bond acceptors (Lipinski definition) is 2. The number of nitrogens with one attached hydrogen (secondary N) is 1. The average molecular weight is 304 g/mol. The molecule has 3 nitrogen and oxygen atoms in total. The highest BCUT2D eigenvalue weighted by atomic mass is 16.2. The Morgan fingerprint density at radius 1 is 0.913 bits per heavy atom. The second kappa shape index (κ2) is 6.97. The summed E-state index contributed by atoms with van der Waals surface area (Å²) in [5, 5.41) is 5.59. The number of nitrogens with zero attached hydrogens (tertiary/aromatic N) is 1. The molecule has 3 heteroatoms. The SMILES string of the molecule is CCN(C(=O)CNc1ccc2ccccc2c1)c1ccccc1. The topological polar surface area (TPSA) is 32.3 Å². The molecule has 0 spiro atoms. The quantitative estimate of drug-likeness (QED) is 0.762. The van der Waals surface area contributed by atoms with Gasteiger partial charge in [-0.25, -0.2) is 0 Å². The molecule has 3 aromatic carbocycles. The smallest absolute Gasteiger partial charge is 0.246 e. The molecular formula is C20H20N2O. The summed E-state index contributed by atoms with van der Waals surface area (Å²) in [4.78, 5) is 14.3. The molecule has 0 unspecified atom stereocenters. The zero-order chi connectivity index (χ0) is 16.1. The number of fused-ring (bicyclic) bond motifs is 1. The van der Waals surface area contributed by atoms with E-state index in [4.69, 9.17) is 0 Å². The van der Waals surface area contributed by atoms with Gasteiger partial charge in [0.15, 0.2) is 0 Å². The van der Waals surface area contributed by atoms with Gasteiger partial charge in [-0.15, -0.1) is 0 Å². The third kappa shape index (κ3) is 3.51. The summed E-state index contributed by atoms with van der Waals surface area (Å²) in [5.74, 6) is 0.0619. The Morgan fingerprint density at radius 3 is 2.35 bits per heavy atom. The van der Waals surface area contributed by atoms with Crippen molar-refractivity contribution in [3.8, 4) is 0 Å². The maximum atomic E-state index is 12.5. The zero-order valence-corrected chi connectivity index (χ0v) is 13.2. The van der Waals surface area contributed by atoms with Crippen LogP contribution in [0.4, 0.5) is 11.4 Å². The molecule has 0 saturated heterocycles.